The standard InChI is InChI=1S/C29H33F3O/c1-11-17-33-26(10)29(32)28(31)25(9)22(6)16-15-21(5)24(8)27(30)18-23(7)20(4)14-13-19(3)12-2/h11-12,14-16,18-19H,1-2,5-10,13,17H2,3-4H3/b16-15-,20-14+,27-18+,29-28-. The Kier molecular flexibility index (Phi) is 13.0. The molecule has 0 aliphatic carbocycles. The molecule has 0 bridgehead atoms. The minimum Gasteiger partial charge on any atom is -0.487 e. The van der Waals surface area contributed by atoms with Crippen molar-refractivity contribution in [2.24, 2.45) is 5.92 Å². The molecular weight excluding hydrogens is 421 g/mol. The van der Waals surface area contributed by atoms with Gasteiger partial charge in [-0.25, -0.2) is 8.78 Å². The molecule has 1 atom stereocenters. The van der Waals surface area contributed by atoms with Crippen molar-refractivity contribution in [3.63, 3.8) is 0 Å². The van der Waals surface area contributed by atoms with E-state index in [2.05, 4.69) is 52.6 Å². The van der Waals surface area contributed by atoms with Crippen LogP contribution < -0.4 is 0 Å². The van der Waals surface area contributed by atoms with Crippen molar-refractivity contribution < 1.29 is 17.9 Å². The SMILES string of the molecule is C=CCOC(=C)/C(F)=C(/F)C(=C)C(=C)/C=C\C(=C)C(=C)/C(F)=C\C(=C)/C(C)=C/CC(C)C=C. The fourth-order valence-corrected chi connectivity index (χ4v) is 2.12. The first-order valence-electron chi connectivity index (χ1n) is 10.2. The zero-order valence-corrected chi connectivity index (χ0v) is 19.7. The van der Waals surface area contributed by atoms with Crippen molar-refractivity contribution in [3.05, 3.63) is 146 Å². The first-order chi connectivity index (χ1) is 15.4. The van der Waals surface area contributed by atoms with Crippen molar-refractivity contribution in [2.75, 3.05) is 6.61 Å². The van der Waals surface area contributed by atoms with Gasteiger partial charge in [-0.05, 0) is 47.6 Å². The average molecular weight is 455 g/mol. The maximum atomic E-state index is 14.6. The van der Waals surface area contributed by atoms with Crippen LogP contribution in [0.5, 0.6) is 0 Å². The van der Waals surface area contributed by atoms with Crippen LogP contribution in [0, 0.1) is 5.92 Å². The van der Waals surface area contributed by atoms with E-state index in [9.17, 15) is 13.2 Å². The fraction of sp³-hybridized carbons (Fsp3) is 0.172. The molecule has 0 heterocycles. The summed E-state index contributed by atoms with van der Waals surface area (Å²) in [6.45, 7) is 32.8. The van der Waals surface area contributed by atoms with Gasteiger partial charge in [0.15, 0.2) is 11.6 Å². The van der Waals surface area contributed by atoms with Gasteiger partial charge in [0.1, 0.15) is 12.4 Å². The third-order valence-electron chi connectivity index (χ3n) is 4.63. The molecule has 0 aromatic carbocycles. The van der Waals surface area contributed by atoms with E-state index in [1.807, 2.05) is 26.0 Å². The van der Waals surface area contributed by atoms with Gasteiger partial charge in [0.2, 0.25) is 5.83 Å². The smallest absolute Gasteiger partial charge is 0.200 e. The highest BCUT2D eigenvalue weighted by Gasteiger charge is 2.15. The van der Waals surface area contributed by atoms with Crippen LogP contribution in [0.4, 0.5) is 13.2 Å². The van der Waals surface area contributed by atoms with Crippen LogP contribution in [0.15, 0.2) is 146 Å². The second-order valence-corrected chi connectivity index (χ2v) is 7.35. The van der Waals surface area contributed by atoms with E-state index in [-0.39, 0.29) is 28.9 Å². The lowest BCUT2D eigenvalue weighted by Crippen LogP contribution is -1.96. The summed E-state index contributed by atoms with van der Waals surface area (Å²) < 4.78 is 47.9. The lowest BCUT2D eigenvalue weighted by molar-refractivity contribution is 0.241. The van der Waals surface area contributed by atoms with Gasteiger partial charge in [-0.15, -0.1) is 6.58 Å². The van der Waals surface area contributed by atoms with Gasteiger partial charge in [0, 0.05) is 11.1 Å². The van der Waals surface area contributed by atoms with Crippen LogP contribution in [0.2, 0.25) is 0 Å². The Morgan fingerprint density at radius 1 is 0.848 bits per heavy atom. The lowest BCUT2D eigenvalue weighted by Gasteiger charge is -2.09. The number of hydrogen-bond acceptors (Lipinski definition) is 1. The first-order valence-corrected chi connectivity index (χ1v) is 10.2. The highest BCUT2D eigenvalue weighted by molar-refractivity contribution is 5.54. The van der Waals surface area contributed by atoms with Crippen molar-refractivity contribution in [1.29, 1.82) is 0 Å². The molecule has 33 heavy (non-hydrogen) atoms. The van der Waals surface area contributed by atoms with Crippen molar-refractivity contribution >= 4 is 0 Å². The Balaban J connectivity index is 5.28. The quantitative estimate of drug-likeness (QED) is 0.136. The predicted octanol–water partition coefficient (Wildman–Crippen LogP) is 9.20. The molecule has 0 spiro atoms. The minimum atomic E-state index is -1.29. The highest BCUT2D eigenvalue weighted by atomic mass is 19.2. The summed E-state index contributed by atoms with van der Waals surface area (Å²) in [5.74, 6) is -3.36. The van der Waals surface area contributed by atoms with Gasteiger partial charge < -0.3 is 4.74 Å². The maximum Gasteiger partial charge on any atom is 0.200 e. The van der Waals surface area contributed by atoms with Gasteiger partial charge in [-0.1, -0.05) is 83.4 Å². The average Bonchev–Trinajstić information content (AvgIpc) is 2.81. The van der Waals surface area contributed by atoms with E-state index < -0.39 is 23.2 Å². The van der Waals surface area contributed by atoms with Crippen LogP contribution in [0.25, 0.3) is 0 Å². The molecule has 0 rings (SSSR count). The lowest BCUT2D eigenvalue weighted by atomic mass is 10.00. The van der Waals surface area contributed by atoms with Gasteiger partial charge in [0.05, 0.1) is 0 Å². The molecule has 0 radical (unpaired) electrons. The van der Waals surface area contributed by atoms with E-state index >= 15 is 0 Å². The Morgan fingerprint density at radius 3 is 1.91 bits per heavy atom. The molecule has 0 aliphatic heterocycles. The molecule has 0 saturated carbocycles. The summed E-state index contributed by atoms with van der Waals surface area (Å²) in [4.78, 5) is 0. The third kappa shape index (κ3) is 10.1. The zero-order chi connectivity index (χ0) is 25.7. The van der Waals surface area contributed by atoms with E-state index in [0.717, 1.165) is 12.0 Å². The Labute approximate surface area is 196 Å². The molecule has 1 unspecified atom stereocenters. The summed E-state index contributed by atoms with van der Waals surface area (Å²) in [5, 5.41) is 0. The highest BCUT2D eigenvalue weighted by Crippen LogP contribution is 2.28. The summed E-state index contributed by atoms with van der Waals surface area (Å²) in [7, 11) is 0. The summed E-state index contributed by atoms with van der Waals surface area (Å²) in [6, 6.07) is 0. The van der Waals surface area contributed by atoms with E-state index in [1.54, 1.807) is 0 Å². The number of rotatable bonds is 15. The molecule has 0 N–H and O–H groups in total. The third-order valence-corrected chi connectivity index (χ3v) is 4.63. The largest absolute Gasteiger partial charge is 0.487 e. The van der Waals surface area contributed by atoms with Gasteiger partial charge >= 0.3 is 0 Å². The Hall–Kier alpha value is -3.53. The number of hydrogen-bond donors (Lipinski definition) is 0. The van der Waals surface area contributed by atoms with Gasteiger partial charge in [-0.2, -0.15) is 4.39 Å². The van der Waals surface area contributed by atoms with Crippen LogP contribution in [0.1, 0.15) is 20.3 Å². The van der Waals surface area contributed by atoms with Gasteiger partial charge in [-0.3, -0.25) is 0 Å². The maximum absolute atomic E-state index is 14.6. The topological polar surface area (TPSA) is 9.23 Å². The first kappa shape index (κ1) is 29.5. The van der Waals surface area contributed by atoms with Crippen LogP contribution >= 0.6 is 0 Å². The molecule has 0 aromatic heterocycles. The molecule has 1 nitrogen and oxygen atoms in total. The van der Waals surface area contributed by atoms with Gasteiger partial charge in [0.25, 0.3) is 0 Å². The molecule has 0 aromatic rings. The second kappa shape index (κ2) is 14.5. The number of halogens is 3. The van der Waals surface area contributed by atoms with Crippen LogP contribution in [-0.2, 0) is 4.74 Å². The molecule has 176 valence electrons. The molecule has 0 saturated heterocycles. The van der Waals surface area contributed by atoms with Crippen LogP contribution in [-0.4, -0.2) is 6.61 Å². The van der Waals surface area contributed by atoms with Crippen LogP contribution in [0.3, 0.4) is 0 Å². The molecular formula is C29H33F3O. The Morgan fingerprint density at radius 2 is 1.39 bits per heavy atom. The normalized spacial score (nSPS) is 13.6. The molecule has 4 heteroatoms. The zero-order valence-electron chi connectivity index (χ0n) is 19.7. The molecule has 0 fully saturated rings. The van der Waals surface area contributed by atoms with Crippen molar-refractivity contribution in [3.8, 4) is 0 Å². The van der Waals surface area contributed by atoms with E-state index in [1.165, 1.54) is 24.3 Å². The number of allylic oxidation sites excluding steroid dienone is 14. The van der Waals surface area contributed by atoms with Crippen molar-refractivity contribution in [1.82, 2.24) is 0 Å². The summed E-state index contributed by atoms with van der Waals surface area (Å²) in [5.41, 5.74) is 1.31. The minimum absolute atomic E-state index is 0.0199. The predicted molar refractivity (Wildman–Crippen MR) is 136 cm³/mol. The second-order valence-electron chi connectivity index (χ2n) is 7.35. The monoisotopic (exact) mass is 454 g/mol. The van der Waals surface area contributed by atoms with E-state index in [0.29, 0.717) is 11.5 Å². The summed E-state index contributed by atoms with van der Waals surface area (Å²) in [6.07, 6.45) is 9.93. The van der Waals surface area contributed by atoms with Crippen molar-refractivity contribution in [2.45, 2.75) is 20.3 Å². The number of ether oxygens (including phenoxy) is 1. The fourth-order valence-electron chi connectivity index (χ4n) is 2.12. The molecule has 0 amide bonds. The molecule has 0 aliphatic rings. The summed E-state index contributed by atoms with van der Waals surface area (Å²) >= 11 is 0. The Bertz CT molecular complexity index is 980. The van der Waals surface area contributed by atoms with E-state index in [4.69, 9.17) is 4.74 Å².